The Hall–Kier alpha value is -2.85. The van der Waals surface area contributed by atoms with Crippen molar-refractivity contribution in [3.8, 4) is 5.69 Å². The Kier molecular flexibility index (Phi) is 3.97. The molecule has 2 aliphatic heterocycles. The van der Waals surface area contributed by atoms with Crippen molar-refractivity contribution in [1.29, 1.82) is 0 Å². The number of nitrogens with one attached hydrogen (secondary N) is 1. The van der Waals surface area contributed by atoms with Gasteiger partial charge in [-0.2, -0.15) is 0 Å². The first-order valence-electron chi connectivity index (χ1n) is 10.5. The minimum Gasteiger partial charge on any atom is -0.318 e. The number of hydrogen-bond donors (Lipinski definition) is 1. The number of fused-ring (bicyclic) bond motifs is 4. The molecule has 0 radical (unpaired) electrons. The topological polar surface area (TPSA) is 37.3 Å². The van der Waals surface area contributed by atoms with E-state index < -0.39 is 5.54 Å². The molecule has 0 fully saturated rings. The number of hydrogen-bond acceptors (Lipinski definition) is 2. The molecule has 1 aromatic heterocycles. The molecule has 1 unspecified atom stereocenters. The fourth-order valence-corrected chi connectivity index (χ4v) is 5.47. The van der Waals surface area contributed by atoms with E-state index in [9.17, 15) is 4.79 Å². The molecule has 1 N–H and O–H groups in total. The van der Waals surface area contributed by atoms with E-state index in [1.807, 2.05) is 11.0 Å². The van der Waals surface area contributed by atoms with Crippen LogP contribution in [0.4, 0.5) is 5.69 Å². The van der Waals surface area contributed by atoms with Crippen LogP contribution in [-0.2, 0) is 16.8 Å². The first-order valence-corrected chi connectivity index (χ1v) is 10.5. The fourth-order valence-electron chi connectivity index (χ4n) is 5.47. The summed E-state index contributed by atoms with van der Waals surface area (Å²) in [6, 6.07) is 16.9. The van der Waals surface area contributed by atoms with Crippen LogP contribution in [0.15, 0.2) is 48.5 Å². The molecular weight excluding hydrogens is 358 g/mol. The molecule has 1 spiro atoms. The van der Waals surface area contributed by atoms with Crippen LogP contribution in [0.5, 0.6) is 0 Å². The first-order chi connectivity index (χ1) is 14.0. The van der Waals surface area contributed by atoms with Crippen molar-refractivity contribution >= 4 is 11.6 Å². The Morgan fingerprint density at radius 3 is 2.52 bits per heavy atom. The molecule has 148 valence electrons. The Balaban J connectivity index is 1.84. The predicted octanol–water partition coefficient (Wildman–Crippen LogP) is 4.16. The van der Waals surface area contributed by atoms with Gasteiger partial charge < -0.3 is 9.47 Å². The maximum absolute atomic E-state index is 13.9. The summed E-state index contributed by atoms with van der Waals surface area (Å²) in [6.07, 6.45) is 0.935. The van der Waals surface area contributed by atoms with Gasteiger partial charge >= 0.3 is 0 Å². The third-order valence-corrected chi connectivity index (χ3v) is 6.65. The summed E-state index contributed by atoms with van der Waals surface area (Å²) in [4.78, 5) is 15.8. The summed E-state index contributed by atoms with van der Waals surface area (Å²) in [5.74, 6) is 0.148. The van der Waals surface area contributed by atoms with Crippen molar-refractivity contribution in [2.24, 2.45) is 0 Å². The molecule has 3 heterocycles. The van der Waals surface area contributed by atoms with Crippen molar-refractivity contribution in [3.05, 3.63) is 82.2 Å². The van der Waals surface area contributed by atoms with Crippen LogP contribution in [-0.4, -0.2) is 23.6 Å². The zero-order valence-corrected chi connectivity index (χ0v) is 17.5. The number of aryl methyl sites for hydroxylation is 1. The number of likely N-dealkylation sites (N-methyl/N-ethyl adjacent to an activating group) is 1. The number of benzene rings is 2. The lowest BCUT2D eigenvalue weighted by Gasteiger charge is -2.35. The molecule has 29 heavy (non-hydrogen) atoms. The van der Waals surface area contributed by atoms with Gasteiger partial charge in [0.25, 0.3) is 5.91 Å². The lowest BCUT2D eigenvalue weighted by atomic mass is 9.78. The van der Waals surface area contributed by atoms with Crippen molar-refractivity contribution < 1.29 is 4.79 Å². The summed E-state index contributed by atoms with van der Waals surface area (Å²) in [5, 5.41) is 3.68. The molecule has 1 amide bonds. The zero-order chi connectivity index (χ0) is 20.3. The van der Waals surface area contributed by atoms with E-state index in [1.165, 1.54) is 16.8 Å². The molecule has 1 atom stereocenters. The number of nitrogens with zero attached hydrogens (tertiary/aromatic N) is 2. The second kappa shape index (κ2) is 6.33. The van der Waals surface area contributed by atoms with Crippen molar-refractivity contribution in [2.75, 3.05) is 18.0 Å². The molecule has 0 aliphatic carbocycles. The lowest BCUT2D eigenvalue weighted by molar-refractivity contribution is -0.123. The highest BCUT2D eigenvalue weighted by Gasteiger charge is 2.55. The largest absolute Gasteiger partial charge is 0.318 e. The molecule has 3 aromatic rings. The summed E-state index contributed by atoms with van der Waals surface area (Å²) in [7, 11) is 0. The highest BCUT2D eigenvalue weighted by molar-refractivity contribution is 6.10. The number of rotatable bonds is 2. The van der Waals surface area contributed by atoms with E-state index in [0.717, 1.165) is 41.2 Å². The van der Waals surface area contributed by atoms with E-state index >= 15 is 0 Å². The molecule has 4 heteroatoms. The average Bonchev–Trinajstić information content (AvgIpc) is 3.12. The van der Waals surface area contributed by atoms with Crippen LogP contribution in [0, 0.1) is 20.8 Å². The number of aromatic nitrogens is 1. The van der Waals surface area contributed by atoms with Crippen LogP contribution >= 0.6 is 0 Å². The van der Waals surface area contributed by atoms with Gasteiger partial charge in [-0.25, -0.2) is 0 Å². The normalized spacial score (nSPS) is 20.3. The maximum Gasteiger partial charge on any atom is 0.256 e. The predicted molar refractivity (Wildman–Crippen MR) is 117 cm³/mol. The van der Waals surface area contributed by atoms with Crippen LogP contribution < -0.4 is 10.2 Å². The monoisotopic (exact) mass is 385 g/mol. The minimum atomic E-state index is -0.792. The molecular formula is C25H27N3O. The number of carbonyl (C=O) groups excluding carboxylic acids is 1. The molecule has 5 rings (SSSR count). The Bertz CT molecular complexity index is 1130. The molecule has 4 nitrogen and oxygen atoms in total. The third-order valence-electron chi connectivity index (χ3n) is 6.65. The highest BCUT2D eigenvalue weighted by Crippen LogP contribution is 2.49. The molecule has 0 saturated carbocycles. The van der Waals surface area contributed by atoms with Crippen LogP contribution in [0.2, 0.25) is 0 Å². The Morgan fingerprint density at radius 1 is 1.03 bits per heavy atom. The zero-order valence-electron chi connectivity index (χ0n) is 17.5. The van der Waals surface area contributed by atoms with Crippen molar-refractivity contribution in [2.45, 2.75) is 39.7 Å². The fraction of sp³-hybridized carbons (Fsp3) is 0.320. The Labute approximate surface area is 172 Å². The molecule has 2 aliphatic rings. The lowest BCUT2D eigenvalue weighted by Crippen LogP contribution is -2.55. The average molecular weight is 386 g/mol. The molecule has 0 bridgehead atoms. The minimum absolute atomic E-state index is 0.148. The Morgan fingerprint density at radius 2 is 1.79 bits per heavy atom. The number of carbonyl (C=O) groups is 1. The van der Waals surface area contributed by atoms with Crippen molar-refractivity contribution in [1.82, 2.24) is 9.88 Å². The van der Waals surface area contributed by atoms with E-state index in [2.05, 4.69) is 80.0 Å². The second-order valence-corrected chi connectivity index (χ2v) is 8.19. The van der Waals surface area contributed by atoms with Gasteiger partial charge in [0.05, 0.1) is 0 Å². The number of para-hydroxylation sites is 1. The summed E-state index contributed by atoms with van der Waals surface area (Å²) in [5.41, 5.74) is 8.51. The van der Waals surface area contributed by atoms with Gasteiger partial charge in [0.2, 0.25) is 0 Å². The van der Waals surface area contributed by atoms with Gasteiger partial charge in [-0.05, 0) is 57.9 Å². The summed E-state index contributed by atoms with van der Waals surface area (Å²) in [6.45, 7) is 9.96. The third kappa shape index (κ3) is 2.26. The van der Waals surface area contributed by atoms with Gasteiger partial charge in [0, 0.05) is 47.0 Å². The van der Waals surface area contributed by atoms with E-state index in [0.29, 0.717) is 6.54 Å². The van der Waals surface area contributed by atoms with E-state index in [1.54, 1.807) is 0 Å². The van der Waals surface area contributed by atoms with Gasteiger partial charge in [-0.15, -0.1) is 0 Å². The molecule has 2 aromatic carbocycles. The molecule has 0 saturated heterocycles. The van der Waals surface area contributed by atoms with Gasteiger partial charge in [-0.1, -0.05) is 35.9 Å². The van der Waals surface area contributed by atoms with Gasteiger partial charge in [-0.3, -0.25) is 10.1 Å². The number of amides is 1. The number of anilines is 1. The van der Waals surface area contributed by atoms with Crippen molar-refractivity contribution in [3.63, 3.8) is 0 Å². The van der Waals surface area contributed by atoms with Gasteiger partial charge in [0.1, 0.15) is 0 Å². The van der Waals surface area contributed by atoms with Crippen LogP contribution in [0.3, 0.4) is 0 Å². The van der Waals surface area contributed by atoms with E-state index in [4.69, 9.17) is 0 Å². The smallest absolute Gasteiger partial charge is 0.256 e. The maximum atomic E-state index is 13.9. The highest BCUT2D eigenvalue weighted by atomic mass is 16.2. The van der Waals surface area contributed by atoms with E-state index in [-0.39, 0.29) is 5.91 Å². The van der Waals surface area contributed by atoms with Crippen LogP contribution in [0.1, 0.15) is 40.6 Å². The standard InChI is InChI=1S/C25H27N3O/c1-5-27-22-12-11-16(2)15-21(22)25(24(27)29)23-18(4)28(19-9-7-6-8-10-19)17(3)20(23)13-14-26-25/h6-12,15,26H,5,13-14H2,1-4H3. The first kappa shape index (κ1) is 18.2. The quantitative estimate of drug-likeness (QED) is 0.719. The second-order valence-electron chi connectivity index (χ2n) is 8.19. The summed E-state index contributed by atoms with van der Waals surface area (Å²) < 4.78 is 2.32. The van der Waals surface area contributed by atoms with Crippen LogP contribution in [0.25, 0.3) is 5.69 Å². The summed E-state index contributed by atoms with van der Waals surface area (Å²) >= 11 is 0. The SMILES string of the molecule is CCN1C(=O)C2(NCCc3c2c(C)n(-c2ccccc2)c3C)c2cc(C)ccc21. The van der Waals surface area contributed by atoms with Gasteiger partial charge in [0.15, 0.2) is 5.54 Å².